The molecule has 1 aromatic carbocycles. The minimum atomic E-state index is -0.289. The van der Waals surface area contributed by atoms with Crippen LogP contribution >= 0.6 is 0 Å². The Kier molecular flexibility index (Phi) is 5.20. The lowest BCUT2D eigenvalue weighted by atomic mass is 10.1. The van der Waals surface area contributed by atoms with Crippen molar-refractivity contribution < 1.29 is 9.59 Å². The minimum Gasteiger partial charge on any atom is -0.374 e. The Labute approximate surface area is 125 Å². The number of piperidine rings is 1. The summed E-state index contributed by atoms with van der Waals surface area (Å²) in [6.07, 6.45) is 3.38. The van der Waals surface area contributed by atoms with Crippen LogP contribution in [-0.2, 0) is 4.79 Å². The molecule has 1 fully saturated rings. The minimum absolute atomic E-state index is 0.125. The Morgan fingerprint density at radius 2 is 1.90 bits per heavy atom. The molecule has 1 saturated heterocycles. The molecule has 0 saturated carbocycles. The van der Waals surface area contributed by atoms with Crippen molar-refractivity contribution in [2.45, 2.75) is 32.2 Å². The summed E-state index contributed by atoms with van der Waals surface area (Å²) in [6.45, 7) is 3.57. The lowest BCUT2D eigenvalue weighted by molar-refractivity contribution is -0.132. The lowest BCUT2D eigenvalue weighted by Crippen LogP contribution is -2.43. The van der Waals surface area contributed by atoms with Crippen LogP contribution in [0.2, 0.25) is 0 Å². The van der Waals surface area contributed by atoms with Gasteiger partial charge in [0.25, 0.3) is 5.91 Å². The van der Waals surface area contributed by atoms with Crippen LogP contribution in [-0.4, -0.2) is 42.9 Å². The molecule has 0 radical (unpaired) electrons. The van der Waals surface area contributed by atoms with Gasteiger partial charge in [-0.15, -0.1) is 0 Å². The van der Waals surface area contributed by atoms with Gasteiger partial charge in [0.15, 0.2) is 0 Å². The molecule has 2 amide bonds. The SMILES string of the molecule is CNC(=O)c1cccc(N[C@H](C)C(=O)N2CCCCC2)c1. The lowest BCUT2D eigenvalue weighted by Gasteiger charge is -2.29. The van der Waals surface area contributed by atoms with E-state index >= 15 is 0 Å². The zero-order valence-corrected chi connectivity index (χ0v) is 12.7. The molecule has 5 heteroatoms. The Balaban J connectivity index is 2.00. The second-order valence-corrected chi connectivity index (χ2v) is 5.41. The van der Waals surface area contributed by atoms with Crippen LogP contribution in [0.25, 0.3) is 0 Å². The van der Waals surface area contributed by atoms with E-state index < -0.39 is 0 Å². The number of hydrogen-bond acceptors (Lipinski definition) is 3. The third kappa shape index (κ3) is 3.97. The van der Waals surface area contributed by atoms with Crippen LogP contribution in [0.15, 0.2) is 24.3 Å². The topological polar surface area (TPSA) is 61.4 Å². The highest BCUT2D eigenvalue weighted by Crippen LogP contribution is 2.15. The maximum Gasteiger partial charge on any atom is 0.251 e. The number of carbonyl (C=O) groups excluding carboxylic acids is 2. The van der Waals surface area contributed by atoms with Crippen LogP contribution in [0.3, 0.4) is 0 Å². The van der Waals surface area contributed by atoms with Crippen LogP contribution in [0.4, 0.5) is 5.69 Å². The van der Waals surface area contributed by atoms with Gasteiger partial charge in [-0.1, -0.05) is 6.07 Å². The second-order valence-electron chi connectivity index (χ2n) is 5.41. The number of hydrogen-bond donors (Lipinski definition) is 2. The molecule has 2 N–H and O–H groups in total. The first kappa shape index (κ1) is 15.4. The number of nitrogens with one attached hydrogen (secondary N) is 2. The first-order valence-electron chi connectivity index (χ1n) is 7.49. The molecule has 114 valence electrons. The molecule has 1 aromatic rings. The summed E-state index contributed by atoms with van der Waals surface area (Å²) in [5.41, 5.74) is 1.37. The highest BCUT2D eigenvalue weighted by Gasteiger charge is 2.22. The summed E-state index contributed by atoms with van der Waals surface area (Å²) < 4.78 is 0. The van der Waals surface area contributed by atoms with E-state index in [1.807, 2.05) is 24.0 Å². The first-order valence-corrected chi connectivity index (χ1v) is 7.49. The van der Waals surface area contributed by atoms with Crippen molar-refractivity contribution in [3.63, 3.8) is 0 Å². The van der Waals surface area contributed by atoms with Crippen molar-refractivity contribution in [2.24, 2.45) is 0 Å². The smallest absolute Gasteiger partial charge is 0.251 e. The number of rotatable bonds is 4. The van der Waals surface area contributed by atoms with Gasteiger partial charge in [-0.2, -0.15) is 0 Å². The van der Waals surface area contributed by atoms with E-state index in [-0.39, 0.29) is 17.9 Å². The van der Waals surface area contributed by atoms with E-state index in [0.717, 1.165) is 31.6 Å². The molecular weight excluding hydrogens is 266 g/mol. The summed E-state index contributed by atoms with van der Waals surface area (Å²) >= 11 is 0. The molecule has 0 unspecified atom stereocenters. The van der Waals surface area contributed by atoms with Crippen molar-refractivity contribution in [2.75, 3.05) is 25.5 Å². The van der Waals surface area contributed by atoms with Crippen LogP contribution in [0, 0.1) is 0 Å². The van der Waals surface area contributed by atoms with E-state index in [2.05, 4.69) is 10.6 Å². The molecule has 2 rings (SSSR count). The van der Waals surface area contributed by atoms with Gasteiger partial charge in [0.2, 0.25) is 5.91 Å². The molecular formula is C16H23N3O2. The zero-order chi connectivity index (χ0) is 15.2. The third-order valence-corrected chi connectivity index (χ3v) is 3.77. The first-order chi connectivity index (χ1) is 10.1. The van der Waals surface area contributed by atoms with E-state index in [9.17, 15) is 9.59 Å². The van der Waals surface area contributed by atoms with Gasteiger partial charge in [0.1, 0.15) is 6.04 Å². The monoisotopic (exact) mass is 289 g/mol. The average Bonchev–Trinajstić information content (AvgIpc) is 2.54. The number of carbonyl (C=O) groups is 2. The molecule has 0 bridgehead atoms. The quantitative estimate of drug-likeness (QED) is 0.889. The molecule has 21 heavy (non-hydrogen) atoms. The van der Waals surface area contributed by atoms with Gasteiger partial charge in [0.05, 0.1) is 0 Å². The normalized spacial score (nSPS) is 16.2. The maximum atomic E-state index is 12.4. The summed E-state index contributed by atoms with van der Waals surface area (Å²) in [7, 11) is 1.60. The van der Waals surface area contributed by atoms with Gasteiger partial charge in [-0.3, -0.25) is 9.59 Å². The van der Waals surface area contributed by atoms with E-state index in [4.69, 9.17) is 0 Å². The molecule has 1 atom stereocenters. The van der Waals surface area contributed by atoms with Crippen molar-refractivity contribution in [3.05, 3.63) is 29.8 Å². The molecule has 0 aliphatic carbocycles. The highest BCUT2D eigenvalue weighted by molar-refractivity contribution is 5.95. The Morgan fingerprint density at radius 1 is 1.19 bits per heavy atom. The largest absolute Gasteiger partial charge is 0.374 e. The fraction of sp³-hybridized carbons (Fsp3) is 0.500. The number of anilines is 1. The van der Waals surface area contributed by atoms with Crippen LogP contribution in [0.1, 0.15) is 36.5 Å². The molecule has 5 nitrogen and oxygen atoms in total. The fourth-order valence-corrected chi connectivity index (χ4v) is 2.59. The van der Waals surface area contributed by atoms with Crippen molar-refractivity contribution in [1.82, 2.24) is 10.2 Å². The summed E-state index contributed by atoms with van der Waals surface area (Å²) in [5.74, 6) is -0.00583. The Hall–Kier alpha value is -2.04. The van der Waals surface area contributed by atoms with Crippen LogP contribution in [0.5, 0.6) is 0 Å². The number of nitrogens with zero attached hydrogens (tertiary/aromatic N) is 1. The second kappa shape index (κ2) is 7.11. The number of amides is 2. The summed E-state index contributed by atoms with van der Waals surface area (Å²) in [4.78, 5) is 25.9. The van der Waals surface area contributed by atoms with E-state index in [1.54, 1.807) is 19.2 Å². The van der Waals surface area contributed by atoms with Crippen molar-refractivity contribution in [1.29, 1.82) is 0 Å². The Morgan fingerprint density at radius 3 is 2.57 bits per heavy atom. The van der Waals surface area contributed by atoms with Crippen molar-refractivity contribution >= 4 is 17.5 Å². The predicted molar refractivity (Wildman–Crippen MR) is 83.3 cm³/mol. The summed E-state index contributed by atoms with van der Waals surface area (Å²) in [5, 5.41) is 5.78. The van der Waals surface area contributed by atoms with Gasteiger partial charge >= 0.3 is 0 Å². The van der Waals surface area contributed by atoms with Gasteiger partial charge in [-0.05, 0) is 44.4 Å². The molecule has 0 spiro atoms. The number of likely N-dealkylation sites (tertiary alicyclic amines) is 1. The van der Waals surface area contributed by atoms with Gasteiger partial charge in [-0.25, -0.2) is 0 Å². The molecule has 1 aliphatic rings. The van der Waals surface area contributed by atoms with Gasteiger partial charge < -0.3 is 15.5 Å². The zero-order valence-electron chi connectivity index (χ0n) is 12.7. The fourth-order valence-electron chi connectivity index (χ4n) is 2.59. The number of benzene rings is 1. The molecule has 1 aliphatic heterocycles. The van der Waals surface area contributed by atoms with Crippen LogP contribution < -0.4 is 10.6 Å². The van der Waals surface area contributed by atoms with Gasteiger partial charge in [0, 0.05) is 31.4 Å². The third-order valence-electron chi connectivity index (χ3n) is 3.77. The molecule has 0 aromatic heterocycles. The standard InChI is InChI=1S/C16H23N3O2/c1-12(16(21)19-9-4-3-5-10-19)18-14-8-6-7-13(11-14)15(20)17-2/h6-8,11-12,18H,3-5,9-10H2,1-2H3,(H,17,20)/t12-/m1/s1. The Bertz CT molecular complexity index is 510. The highest BCUT2D eigenvalue weighted by atomic mass is 16.2. The average molecular weight is 289 g/mol. The van der Waals surface area contributed by atoms with E-state index in [1.165, 1.54) is 6.42 Å². The maximum absolute atomic E-state index is 12.4. The van der Waals surface area contributed by atoms with E-state index in [0.29, 0.717) is 5.56 Å². The summed E-state index contributed by atoms with van der Waals surface area (Å²) in [6, 6.07) is 6.90. The molecule has 1 heterocycles. The predicted octanol–water partition coefficient (Wildman–Crippen LogP) is 1.86. The van der Waals surface area contributed by atoms with Crippen molar-refractivity contribution in [3.8, 4) is 0 Å².